The first-order valence-corrected chi connectivity index (χ1v) is 5.05. The molecule has 0 amide bonds. The van der Waals surface area contributed by atoms with Gasteiger partial charge in [0.25, 0.3) is 0 Å². The molecule has 2 N–H and O–H groups in total. The Morgan fingerprint density at radius 3 is 2.29 bits per heavy atom. The second-order valence-corrected chi connectivity index (χ2v) is 3.69. The third-order valence-corrected chi connectivity index (χ3v) is 2.34. The largest absolute Gasteiger partial charge is 0.455 e. The molecule has 17 heavy (non-hydrogen) atoms. The maximum Gasteiger partial charge on any atom is 0.150 e. The molecule has 0 radical (unpaired) electrons. The fourth-order valence-electron chi connectivity index (χ4n) is 1.41. The predicted octanol–water partition coefficient (Wildman–Crippen LogP) is 3.65. The Labute approximate surface area is 97.6 Å². The van der Waals surface area contributed by atoms with Gasteiger partial charge >= 0.3 is 0 Å². The molecule has 2 aromatic carbocycles. The summed E-state index contributed by atoms with van der Waals surface area (Å²) < 4.78 is 31.3. The van der Waals surface area contributed by atoms with Gasteiger partial charge in [0, 0.05) is 12.1 Å². The number of ether oxygens (including phenoxy) is 1. The first kappa shape index (κ1) is 11.4. The van der Waals surface area contributed by atoms with Crippen molar-refractivity contribution in [3.8, 4) is 11.5 Å². The molecule has 2 aromatic rings. The zero-order chi connectivity index (χ0) is 12.4. The van der Waals surface area contributed by atoms with Crippen molar-refractivity contribution in [2.45, 2.75) is 6.92 Å². The van der Waals surface area contributed by atoms with Crippen molar-refractivity contribution in [2.24, 2.45) is 0 Å². The van der Waals surface area contributed by atoms with Crippen LogP contribution in [0.4, 0.5) is 14.5 Å². The third-order valence-electron chi connectivity index (χ3n) is 2.34. The monoisotopic (exact) mass is 235 g/mol. The molecular weight excluding hydrogens is 224 g/mol. The Bertz CT molecular complexity index is 555. The van der Waals surface area contributed by atoms with Crippen LogP contribution in [0.3, 0.4) is 0 Å². The van der Waals surface area contributed by atoms with Crippen LogP contribution in [-0.2, 0) is 0 Å². The third kappa shape index (κ3) is 2.53. The smallest absolute Gasteiger partial charge is 0.150 e. The van der Waals surface area contributed by atoms with Crippen LogP contribution in [-0.4, -0.2) is 0 Å². The topological polar surface area (TPSA) is 35.2 Å². The van der Waals surface area contributed by atoms with E-state index >= 15 is 0 Å². The summed E-state index contributed by atoms with van der Waals surface area (Å²) >= 11 is 0. The molecule has 0 saturated heterocycles. The molecule has 0 aromatic heterocycles. The van der Waals surface area contributed by atoms with Crippen LogP contribution in [0.1, 0.15) is 5.56 Å². The predicted molar refractivity (Wildman–Crippen MR) is 62.0 cm³/mol. The van der Waals surface area contributed by atoms with Gasteiger partial charge in [-0.1, -0.05) is 6.07 Å². The van der Waals surface area contributed by atoms with E-state index in [2.05, 4.69) is 0 Å². The molecule has 0 fully saturated rings. The second-order valence-electron chi connectivity index (χ2n) is 3.69. The van der Waals surface area contributed by atoms with Gasteiger partial charge in [-0.05, 0) is 30.7 Å². The van der Waals surface area contributed by atoms with E-state index in [-0.39, 0.29) is 5.69 Å². The van der Waals surface area contributed by atoms with Gasteiger partial charge in [-0.15, -0.1) is 0 Å². The van der Waals surface area contributed by atoms with E-state index in [9.17, 15) is 8.78 Å². The van der Waals surface area contributed by atoms with Crippen molar-refractivity contribution in [3.63, 3.8) is 0 Å². The Balaban J connectivity index is 2.34. The van der Waals surface area contributed by atoms with E-state index in [1.807, 2.05) is 0 Å². The van der Waals surface area contributed by atoms with Crippen LogP contribution < -0.4 is 10.5 Å². The Hall–Kier alpha value is -2.10. The lowest BCUT2D eigenvalue weighted by molar-refractivity contribution is 0.473. The molecule has 2 nitrogen and oxygen atoms in total. The van der Waals surface area contributed by atoms with Crippen LogP contribution in [0.5, 0.6) is 11.5 Å². The molecule has 0 heterocycles. The minimum atomic E-state index is -0.439. The standard InChI is InChI=1S/C13H11F2NO/c1-8-2-3-10(15)7-13(8)17-12-5-4-9(14)6-11(12)16/h2-7H,16H2,1H3. The molecular formula is C13H11F2NO. The number of nitrogens with two attached hydrogens (primary N) is 1. The molecule has 0 aliphatic carbocycles. The molecule has 0 bridgehead atoms. The fourth-order valence-corrected chi connectivity index (χ4v) is 1.41. The van der Waals surface area contributed by atoms with E-state index in [1.54, 1.807) is 13.0 Å². The zero-order valence-corrected chi connectivity index (χ0v) is 9.21. The summed E-state index contributed by atoms with van der Waals surface area (Å²) in [4.78, 5) is 0. The summed E-state index contributed by atoms with van der Waals surface area (Å²) in [5, 5.41) is 0. The van der Waals surface area contributed by atoms with Gasteiger partial charge in [0.2, 0.25) is 0 Å². The molecule has 0 unspecified atom stereocenters. The molecule has 4 heteroatoms. The number of anilines is 1. The maximum absolute atomic E-state index is 13.0. The highest BCUT2D eigenvalue weighted by atomic mass is 19.1. The SMILES string of the molecule is Cc1ccc(F)cc1Oc1ccc(F)cc1N. The van der Waals surface area contributed by atoms with E-state index in [1.165, 1.54) is 24.3 Å². The molecule has 0 aliphatic rings. The Morgan fingerprint density at radius 2 is 1.59 bits per heavy atom. The van der Waals surface area contributed by atoms with Gasteiger partial charge in [0.15, 0.2) is 5.75 Å². The highest BCUT2D eigenvalue weighted by Gasteiger charge is 2.06. The maximum atomic E-state index is 13.0. The molecule has 0 atom stereocenters. The fraction of sp³-hybridized carbons (Fsp3) is 0.0769. The number of benzene rings is 2. The average molecular weight is 235 g/mol. The number of hydrogen-bond acceptors (Lipinski definition) is 2. The summed E-state index contributed by atoms with van der Waals surface area (Å²) in [6.45, 7) is 1.79. The number of aryl methyl sites for hydroxylation is 1. The lowest BCUT2D eigenvalue weighted by Crippen LogP contribution is -1.94. The lowest BCUT2D eigenvalue weighted by Gasteiger charge is -2.10. The summed E-state index contributed by atoms with van der Waals surface area (Å²) in [7, 11) is 0. The summed E-state index contributed by atoms with van der Waals surface area (Å²) in [6.07, 6.45) is 0. The van der Waals surface area contributed by atoms with Crippen molar-refractivity contribution in [1.29, 1.82) is 0 Å². The number of rotatable bonds is 2. The first-order valence-electron chi connectivity index (χ1n) is 5.05. The summed E-state index contributed by atoms with van der Waals surface area (Å²) in [5.74, 6) is -0.166. The highest BCUT2D eigenvalue weighted by Crippen LogP contribution is 2.30. The molecule has 0 saturated carbocycles. The van der Waals surface area contributed by atoms with Gasteiger partial charge in [-0.2, -0.15) is 0 Å². The van der Waals surface area contributed by atoms with Crippen LogP contribution in [0, 0.1) is 18.6 Å². The van der Waals surface area contributed by atoms with Crippen molar-refractivity contribution in [3.05, 3.63) is 53.6 Å². The zero-order valence-electron chi connectivity index (χ0n) is 9.21. The van der Waals surface area contributed by atoms with E-state index in [4.69, 9.17) is 10.5 Å². The van der Waals surface area contributed by atoms with Crippen molar-refractivity contribution in [1.82, 2.24) is 0 Å². The number of halogens is 2. The van der Waals surface area contributed by atoms with Crippen molar-refractivity contribution < 1.29 is 13.5 Å². The average Bonchev–Trinajstić information content (AvgIpc) is 2.27. The lowest BCUT2D eigenvalue weighted by atomic mass is 10.2. The minimum Gasteiger partial charge on any atom is -0.455 e. The highest BCUT2D eigenvalue weighted by molar-refractivity contribution is 5.54. The van der Waals surface area contributed by atoms with Crippen LogP contribution in [0.2, 0.25) is 0 Å². The van der Waals surface area contributed by atoms with Crippen molar-refractivity contribution >= 4 is 5.69 Å². The molecule has 2 rings (SSSR count). The van der Waals surface area contributed by atoms with Gasteiger partial charge in [0.1, 0.15) is 17.4 Å². The van der Waals surface area contributed by atoms with E-state index < -0.39 is 11.6 Å². The van der Waals surface area contributed by atoms with Gasteiger partial charge in [-0.3, -0.25) is 0 Å². The van der Waals surface area contributed by atoms with E-state index in [0.717, 1.165) is 11.6 Å². The summed E-state index contributed by atoms with van der Waals surface area (Å²) in [6, 6.07) is 8.01. The first-order chi connectivity index (χ1) is 8.06. The summed E-state index contributed by atoms with van der Waals surface area (Å²) in [5.41, 5.74) is 6.55. The molecule has 0 aliphatic heterocycles. The van der Waals surface area contributed by atoms with Gasteiger partial charge in [-0.25, -0.2) is 8.78 Å². The van der Waals surface area contributed by atoms with Gasteiger partial charge in [0.05, 0.1) is 5.69 Å². The number of hydrogen-bond donors (Lipinski definition) is 1. The van der Waals surface area contributed by atoms with Crippen LogP contribution in [0.25, 0.3) is 0 Å². The Morgan fingerprint density at radius 1 is 0.941 bits per heavy atom. The second kappa shape index (κ2) is 4.41. The van der Waals surface area contributed by atoms with Crippen LogP contribution in [0.15, 0.2) is 36.4 Å². The quantitative estimate of drug-likeness (QED) is 0.806. The normalized spacial score (nSPS) is 10.3. The van der Waals surface area contributed by atoms with Crippen LogP contribution >= 0.6 is 0 Å². The van der Waals surface area contributed by atoms with Crippen molar-refractivity contribution in [2.75, 3.05) is 5.73 Å². The van der Waals surface area contributed by atoms with Gasteiger partial charge < -0.3 is 10.5 Å². The number of nitrogen functional groups attached to an aromatic ring is 1. The minimum absolute atomic E-state index is 0.175. The molecule has 0 spiro atoms. The van der Waals surface area contributed by atoms with E-state index in [0.29, 0.717) is 11.5 Å². The Kier molecular flexibility index (Phi) is 2.95. The molecule has 88 valence electrons.